The zero-order valence-corrected chi connectivity index (χ0v) is 15.9. The van der Waals surface area contributed by atoms with E-state index < -0.39 is 0 Å². The third-order valence-electron chi connectivity index (χ3n) is 5.03. The maximum absolute atomic E-state index is 13.1. The van der Waals surface area contributed by atoms with Gasteiger partial charge in [-0.3, -0.25) is 9.59 Å². The molecule has 1 aliphatic carbocycles. The fourth-order valence-electron chi connectivity index (χ4n) is 3.60. The topological polar surface area (TPSA) is 71.3 Å². The minimum atomic E-state index is -0.345. The van der Waals surface area contributed by atoms with Crippen molar-refractivity contribution in [1.82, 2.24) is 10.6 Å². The zero-order valence-electron chi connectivity index (χ0n) is 15.9. The van der Waals surface area contributed by atoms with Crippen molar-refractivity contribution in [3.05, 3.63) is 101 Å². The molecule has 2 aromatic carbocycles. The van der Waals surface area contributed by atoms with Crippen LogP contribution in [0.4, 0.5) is 0 Å². The first-order chi connectivity index (χ1) is 14.2. The molecule has 1 heterocycles. The smallest absolute Gasteiger partial charge is 0.268 e. The van der Waals surface area contributed by atoms with E-state index in [9.17, 15) is 9.59 Å². The molecule has 0 saturated carbocycles. The average Bonchev–Trinajstić information content (AvgIpc) is 3.27. The Hall–Kier alpha value is -3.60. The van der Waals surface area contributed by atoms with Gasteiger partial charge in [-0.05, 0) is 54.7 Å². The summed E-state index contributed by atoms with van der Waals surface area (Å²) in [6, 6.07) is 20.4. The standard InChI is InChI=1S/C24H22N2O3/c27-23(18-9-2-1-3-10-18)26-22(16-19-12-7-15-29-19)24(28)25-21-14-6-11-17-8-4-5-13-20(17)21/h1-5,7-10,12-13,15-16,21H,6,11,14H2,(H,25,28)(H,26,27)/b22-16-. The number of benzene rings is 2. The van der Waals surface area contributed by atoms with Gasteiger partial charge in [0.05, 0.1) is 12.3 Å². The Morgan fingerprint density at radius 1 is 0.966 bits per heavy atom. The van der Waals surface area contributed by atoms with Crippen LogP contribution in [0.2, 0.25) is 0 Å². The van der Waals surface area contributed by atoms with Crippen molar-refractivity contribution >= 4 is 17.9 Å². The van der Waals surface area contributed by atoms with Gasteiger partial charge in [-0.15, -0.1) is 0 Å². The van der Waals surface area contributed by atoms with Crippen LogP contribution in [0.3, 0.4) is 0 Å². The summed E-state index contributed by atoms with van der Waals surface area (Å²) in [5.41, 5.74) is 3.03. The van der Waals surface area contributed by atoms with Crippen LogP contribution in [-0.2, 0) is 11.2 Å². The summed E-state index contributed by atoms with van der Waals surface area (Å²) < 4.78 is 5.34. The van der Waals surface area contributed by atoms with Gasteiger partial charge >= 0.3 is 0 Å². The highest BCUT2D eigenvalue weighted by Gasteiger charge is 2.24. The Balaban J connectivity index is 1.57. The largest absolute Gasteiger partial charge is 0.465 e. The van der Waals surface area contributed by atoms with Crippen molar-refractivity contribution in [2.45, 2.75) is 25.3 Å². The van der Waals surface area contributed by atoms with Crippen LogP contribution < -0.4 is 10.6 Å². The van der Waals surface area contributed by atoms with E-state index in [0.717, 1.165) is 24.8 Å². The van der Waals surface area contributed by atoms with Gasteiger partial charge in [-0.1, -0.05) is 42.5 Å². The van der Waals surface area contributed by atoms with E-state index >= 15 is 0 Å². The van der Waals surface area contributed by atoms with Crippen molar-refractivity contribution in [3.8, 4) is 0 Å². The normalized spacial score (nSPS) is 16.0. The highest BCUT2D eigenvalue weighted by atomic mass is 16.3. The summed E-state index contributed by atoms with van der Waals surface area (Å²) in [4.78, 5) is 25.7. The molecule has 2 amide bonds. The monoisotopic (exact) mass is 386 g/mol. The second-order valence-electron chi connectivity index (χ2n) is 7.01. The number of carbonyl (C=O) groups excluding carboxylic acids is 2. The van der Waals surface area contributed by atoms with Gasteiger partial charge in [0.2, 0.25) is 0 Å². The van der Waals surface area contributed by atoms with E-state index in [2.05, 4.69) is 22.8 Å². The molecular formula is C24H22N2O3. The molecule has 1 aliphatic rings. The SMILES string of the molecule is O=C(NC1CCCc2ccccc21)/C(=C/c1ccco1)NC(=O)c1ccccc1. The van der Waals surface area contributed by atoms with Crippen molar-refractivity contribution in [3.63, 3.8) is 0 Å². The third kappa shape index (κ3) is 4.46. The molecule has 1 atom stereocenters. The summed E-state index contributed by atoms with van der Waals surface area (Å²) in [6.45, 7) is 0. The lowest BCUT2D eigenvalue weighted by molar-refractivity contribution is -0.118. The van der Waals surface area contributed by atoms with Gasteiger partial charge in [-0.25, -0.2) is 0 Å². The molecule has 3 aromatic rings. The molecule has 146 valence electrons. The lowest BCUT2D eigenvalue weighted by Gasteiger charge is -2.26. The Morgan fingerprint density at radius 2 is 1.76 bits per heavy atom. The summed E-state index contributed by atoms with van der Waals surface area (Å²) in [5.74, 6) is -0.192. The van der Waals surface area contributed by atoms with Gasteiger partial charge < -0.3 is 15.1 Å². The van der Waals surface area contributed by atoms with Crippen molar-refractivity contribution in [1.29, 1.82) is 0 Å². The number of amides is 2. The van der Waals surface area contributed by atoms with Crippen molar-refractivity contribution in [2.75, 3.05) is 0 Å². The molecule has 1 aromatic heterocycles. The predicted molar refractivity (Wildman–Crippen MR) is 111 cm³/mol. The summed E-state index contributed by atoms with van der Waals surface area (Å²) in [5, 5.41) is 5.82. The van der Waals surface area contributed by atoms with E-state index in [1.807, 2.05) is 18.2 Å². The lowest BCUT2D eigenvalue weighted by atomic mass is 9.87. The lowest BCUT2D eigenvalue weighted by Crippen LogP contribution is -2.37. The van der Waals surface area contributed by atoms with Gasteiger partial charge in [-0.2, -0.15) is 0 Å². The summed E-state index contributed by atoms with van der Waals surface area (Å²) in [6.07, 6.45) is 5.96. The van der Waals surface area contributed by atoms with Crippen LogP contribution in [0.15, 0.2) is 83.1 Å². The average molecular weight is 386 g/mol. The first-order valence-electron chi connectivity index (χ1n) is 9.71. The third-order valence-corrected chi connectivity index (χ3v) is 5.03. The molecule has 5 nitrogen and oxygen atoms in total. The molecule has 0 saturated heterocycles. The van der Waals surface area contributed by atoms with Gasteiger partial charge in [0.1, 0.15) is 11.5 Å². The van der Waals surface area contributed by atoms with Crippen molar-refractivity contribution < 1.29 is 14.0 Å². The number of aryl methyl sites for hydroxylation is 1. The van der Waals surface area contributed by atoms with Gasteiger partial charge in [0, 0.05) is 11.6 Å². The fourth-order valence-corrected chi connectivity index (χ4v) is 3.60. The molecule has 0 radical (unpaired) electrons. The van der Waals surface area contributed by atoms with Crippen LogP contribution in [0, 0.1) is 0 Å². The molecule has 4 rings (SSSR count). The van der Waals surface area contributed by atoms with E-state index in [-0.39, 0.29) is 23.6 Å². The molecular weight excluding hydrogens is 364 g/mol. The molecule has 0 aliphatic heterocycles. The van der Waals surface area contributed by atoms with Crippen LogP contribution in [0.25, 0.3) is 6.08 Å². The molecule has 0 fully saturated rings. The maximum atomic E-state index is 13.1. The second-order valence-corrected chi connectivity index (χ2v) is 7.01. The highest BCUT2D eigenvalue weighted by Crippen LogP contribution is 2.29. The minimum absolute atomic E-state index is 0.0823. The summed E-state index contributed by atoms with van der Waals surface area (Å²) in [7, 11) is 0. The Morgan fingerprint density at radius 3 is 2.55 bits per heavy atom. The van der Waals surface area contributed by atoms with Crippen molar-refractivity contribution in [2.24, 2.45) is 0 Å². The van der Waals surface area contributed by atoms with E-state index in [1.165, 1.54) is 11.8 Å². The molecule has 0 bridgehead atoms. The van der Waals surface area contributed by atoms with Gasteiger partial charge in [0.25, 0.3) is 11.8 Å². The molecule has 29 heavy (non-hydrogen) atoms. The van der Waals surface area contributed by atoms with E-state index in [4.69, 9.17) is 4.42 Å². The first-order valence-corrected chi connectivity index (χ1v) is 9.71. The molecule has 2 N–H and O–H groups in total. The molecule has 0 spiro atoms. The van der Waals surface area contributed by atoms with E-state index in [0.29, 0.717) is 11.3 Å². The number of fused-ring (bicyclic) bond motifs is 1. The van der Waals surface area contributed by atoms with Crippen LogP contribution in [0.1, 0.15) is 46.1 Å². The van der Waals surface area contributed by atoms with E-state index in [1.54, 1.807) is 42.5 Å². The quantitative estimate of drug-likeness (QED) is 0.644. The fraction of sp³-hybridized carbons (Fsp3) is 0.167. The van der Waals surface area contributed by atoms with Crippen LogP contribution in [0.5, 0.6) is 0 Å². The van der Waals surface area contributed by atoms with Gasteiger partial charge in [0.15, 0.2) is 0 Å². The number of hydrogen-bond acceptors (Lipinski definition) is 3. The Bertz CT molecular complexity index is 1020. The Labute approximate surface area is 169 Å². The zero-order chi connectivity index (χ0) is 20.1. The first kappa shape index (κ1) is 18.7. The maximum Gasteiger partial charge on any atom is 0.268 e. The van der Waals surface area contributed by atoms with Crippen LogP contribution >= 0.6 is 0 Å². The second kappa shape index (κ2) is 8.61. The summed E-state index contributed by atoms with van der Waals surface area (Å²) >= 11 is 0. The van der Waals surface area contributed by atoms with Crippen LogP contribution in [-0.4, -0.2) is 11.8 Å². The number of rotatable bonds is 5. The molecule has 1 unspecified atom stereocenters. The highest BCUT2D eigenvalue weighted by molar-refractivity contribution is 6.05. The Kier molecular flexibility index (Phi) is 5.56. The number of hydrogen-bond donors (Lipinski definition) is 2. The number of nitrogens with one attached hydrogen (secondary N) is 2. The number of furan rings is 1. The minimum Gasteiger partial charge on any atom is -0.465 e. The predicted octanol–water partition coefficient (Wildman–Crippen LogP) is 4.24. The number of carbonyl (C=O) groups is 2. The molecule has 5 heteroatoms.